The third kappa shape index (κ3) is 1.56. The molecule has 0 spiro atoms. The minimum absolute atomic E-state index is 0.0388. The van der Waals surface area contributed by atoms with Crippen LogP contribution in [0, 0.1) is 5.92 Å². The first-order valence-electron chi connectivity index (χ1n) is 5.31. The fraction of sp³-hybridized carbons (Fsp3) is 0.800. The molecule has 0 radical (unpaired) electrons. The molecule has 15 heavy (non-hydrogen) atoms. The van der Waals surface area contributed by atoms with Crippen molar-refractivity contribution in [1.29, 1.82) is 0 Å². The first-order chi connectivity index (χ1) is 7.15. The normalized spacial score (nSPS) is 33.1. The van der Waals surface area contributed by atoms with E-state index in [0.29, 0.717) is 13.0 Å². The van der Waals surface area contributed by atoms with Crippen LogP contribution in [-0.2, 0) is 9.53 Å². The Kier molecular flexibility index (Phi) is 2.54. The van der Waals surface area contributed by atoms with Crippen molar-refractivity contribution in [1.82, 2.24) is 4.90 Å². The summed E-state index contributed by atoms with van der Waals surface area (Å²) in [7, 11) is 0. The average Bonchev–Trinajstić information content (AvgIpc) is 2.74. The molecular formula is C10H14NO4-. The van der Waals surface area contributed by atoms with Gasteiger partial charge in [0.25, 0.3) is 0 Å². The van der Waals surface area contributed by atoms with E-state index >= 15 is 0 Å². The molecule has 5 nitrogen and oxygen atoms in total. The Bertz CT molecular complexity index is 291. The quantitative estimate of drug-likeness (QED) is 0.632. The van der Waals surface area contributed by atoms with Gasteiger partial charge in [0, 0.05) is 24.0 Å². The molecule has 0 aromatic heterocycles. The summed E-state index contributed by atoms with van der Waals surface area (Å²) in [6.45, 7) is 2.07. The van der Waals surface area contributed by atoms with Crippen molar-refractivity contribution in [2.24, 2.45) is 5.92 Å². The highest BCUT2D eigenvalue weighted by molar-refractivity contribution is 5.75. The van der Waals surface area contributed by atoms with Crippen molar-refractivity contribution in [2.45, 2.75) is 38.3 Å². The Balaban J connectivity index is 2.09. The topological polar surface area (TPSA) is 69.7 Å². The number of amides is 1. The molecule has 2 saturated heterocycles. The molecule has 2 fully saturated rings. The van der Waals surface area contributed by atoms with Crippen LogP contribution in [0.3, 0.4) is 0 Å². The molecule has 0 saturated carbocycles. The lowest BCUT2D eigenvalue weighted by atomic mass is 9.89. The van der Waals surface area contributed by atoms with Gasteiger partial charge in [-0.1, -0.05) is 0 Å². The summed E-state index contributed by atoms with van der Waals surface area (Å²) < 4.78 is 4.91. The molecule has 1 amide bonds. The number of hydrogen-bond donors (Lipinski definition) is 0. The number of carboxylic acid groups (broad SMARTS) is 1. The highest BCUT2D eigenvalue weighted by atomic mass is 16.6. The van der Waals surface area contributed by atoms with Gasteiger partial charge in [0.1, 0.15) is 0 Å². The Morgan fingerprint density at radius 1 is 1.47 bits per heavy atom. The first-order valence-corrected chi connectivity index (χ1v) is 5.31. The van der Waals surface area contributed by atoms with Gasteiger partial charge in [0.2, 0.25) is 0 Å². The first kappa shape index (κ1) is 10.3. The molecule has 5 heteroatoms. The van der Waals surface area contributed by atoms with Crippen molar-refractivity contribution in [2.75, 3.05) is 6.61 Å². The molecule has 0 aromatic rings. The fourth-order valence-electron chi connectivity index (χ4n) is 2.72. The molecule has 2 rings (SSSR count). The number of hydrogen-bond acceptors (Lipinski definition) is 4. The molecule has 2 bridgehead atoms. The highest BCUT2D eigenvalue weighted by Gasteiger charge is 2.49. The second-order valence-electron chi connectivity index (χ2n) is 4.07. The molecule has 0 aromatic carbocycles. The number of nitrogens with zero attached hydrogens (tertiary/aromatic N) is 1. The van der Waals surface area contributed by atoms with Gasteiger partial charge >= 0.3 is 6.09 Å². The third-order valence-corrected chi connectivity index (χ3v) is 3.32. The van der Waals surface area contributed by atoms with Gasteiger partial charge in [-0.2, -0.15) is 0 Å². The predicted molar refractivity (Wildman–Crippen MR) is 48.8 cm³/mol. The van der Waals surface area contributed by atoms with Gasteiger partial charge in [-0.15, -0.1) is 0 Å². The summed E-state index contributed by atoms with van der Waals surface area (Å²) in [6, 6.07) is -0.170. The number of carbonyl (C=O) groups is 2. The summed E-state index contributed by atoms with van der Waals surface area (Å²) in [5.41, 5.74) is 0. The Hall–Kier alpha value is -1.26. The summed E-state index contributed by atoms with van der Waals surface area (Å²) in [5.74, 6) is -1.55. The minimum atomic E-state index is -1.04. The van der Waals surface area contributed by atoms with Crippen molar-refractivity contribution < 1.29 is 19.4 Å². The van der Waals surface area contributed by atoms with E-state index in [9.17, 15) is 14.7 Å². The standard InChI is InChI=1S/C10H15NO4/c1-2-15-10(14)11-6-3-4-8(11)7(5-6)9(12)13/h6-8H,2-5H2,1H3,(H,12,13)/p-1. The monoisotopic (exact) mass is 212 g/mol. The Labute approximate surface area is 88.0 Å². The van der Waals surface area contributed by atoms with E-state index in [4.69, 9.17) is 4.74 Å². The lowest BCUT2D eigenvalue weighted by Gasteiger charge is -2.24. The number of fused-ring (bicyclic) bond motifs is 2. The maximum Gasteiger partial charge on any atom is 0.410 e. The van der Waals surface area contributed by atoms with E-state index in [1.165, 1.54) is 0 Å². The molecule has 2 aliphatic heterocycles. The third-order valence-electron chi connectivity index (χ3n) is 3.32. The SMILES string of the molecule is CCOC(=O)N1C2CCC1C(C(=O)[O-])C2. The second kappa shape index (κ2) is 3.72. The predicted octanol–water partition coefficient (Wildman–Crippen LogP) is -0.254. The van der Waals surface area contributed by atoms with Crippen LogP contribution in [0.25, 0.3) is 0 Å². The highest BCUT2D eigenvalue weighted by Crippen LogP contribution is 2.41. The van der Waals surface area contributed by atoms with Crippen LogP contribution in [0.1, 0.15) is 26.2 Å². The minimum Gasteiger partial charge on any atom is -0.550 e. The Morgan fingerprint density at radius 2 is 2.20 bits per heavy atom. The van der Waals surface area contributed by atoms with Crippen LogP contribution in [0.15, 0.2) is 0 Å². The summed E-state index contributed by atoms with van der Waals surface area (Å²) in [5, 5.41) is 10.8. The van der Waals surface area contributed by atoms with E-state index < -0.39 is 11.9 Å². The van der Waals surface area contributed by atoms with Crippen LogP contribution in [0.5, 0.6) is 0 Å². The smallest absolute Gasteiger partial charge is 0.410 e. The number of ether oxygens (including phenoxy) is 1. The van der Waals surface area contributed by atoms with E-state index in [0.717, 1.165) is 12.8 Å². The summed E-state index contributed by atoms with van der Waals surface area (Å²) >= 11 is 0. The van der Waals surface area contributed by atoms with Crippen molar-refractivity contribution in [3.63, 3.8) is 0 Å². The van der Waals surface area contributed by atoms with Crippen LogP contribution >= 0.6 is 0 Å². The zero-order valence-electron chi connectivity index (χ0n) is 8.64. The van der Waals surface area contributed by atoms with E-state index in [1.807, 2.05) is 0 Å². The van der Waals surface area contributed by atoms with Crippen molar-refractivity contribution in [3.05, 3.63) is 0 Å². The van der Waals surface area contributed by atoms with Gasteiger partial charge in [-0.05, 0) is 26.2 Å². The average molecular weight is 212 g/mol. The number of aliphatic carboxylic acids is 1. The van der Waals surface area contributed by atoms with Gasteiger partial charge in [-0.25, -0.2) is 4.79 Å². The Morgan fingerprint density at radius 3 is 2.73 bits per heavy atom. The molecule has 3 atom stereocenters. The molecular weight excluding hydrogens is 198 g/mol. The van der Waals surface area contributed by atoms with Crippen LogP contribution in [0.4, 0.5) is 4.79 Å². The number of carboxylic acids is 1. The molecule has 0 aliphatic carbocycles. The van der Waals surface area contributed by atoms with E-state index in [2.05, 4.69) is 0 Å². The van der Waals surface area contributed by atoms with Gasteiger partial charge in [0.05, 0.1) is 6.61 Å². The molecule has 3 unspecified atom stereocenters. The largest absolute Gasteiger partial charge is 0.550 e. The van der Waals surface area contributed by atoms with E-state index in [1.54, 1.807) is 11.8 Å². The van der Waals surface area contributed by atoms with Gasteiger partial charge in [0.15, 0.2) is 0 Å². The number of rotatable bonds is 2. The maximum atomic E-state index is 11.6. The summed E-state index contributed by atoms with van der Waals surface area (Å²) in [6.07, 6.45) is 1.77. The molecule has 2 heterocycles. The molecule has 2 aliphatic rings. The van der Waals surface area contributed by atoms with Gasteiger partial charge < -0.3 is 19.5 Å². The van der Waals surface area contributed by atoms with Crippen molar-refractivity contribution >= 4 is 12.1 Å². The van der Waals surface area contributed by atoms with Crippen LogP contribution in [0.2, 0.25) is 0 Å². The van der Waals surface area contributed by atoms with Crippen molar-refractivity contribution in [3.8, 4) is 0 Å². The maximum absolute atomic E-state index is 11.6. The molecule has 0 N–H and O–H groups in total. The molecule has 84 valence electrons. The summed E-state index contributed by atoms with van der Waals surface area (Å²) in [4.78, 5) is 24.0. The second-order valence-corrected chi connectivity index (χ2v) is 4.07. The fourth-order valence-corrected chi connectivity index (χ4v) is 2.72. The number of carbonyl (C=O) groups excluding carboxylic acids is 2. The van der Waals surface area contributed by atoms with Crippen LogP contribution < -0.4 is 5.11 Å². The zero-order valence-corrected chi connectivity index (χ0v) is 8.64. The lowest BCUT2D eigenvalue weighted by molar-refractivity contribution is -0.312. The van der Waals surface area contributed by atoms with E-state index in [-0.39, 0.29) is 18.2 Å². The van der Waals surface area contributed by atoms with Crippen LogP contribution in [-0.4, -0.2) is 35.7 Å². The van der Waals surface area contributed by atoms with Gasteiger partial charge in [-0.3, -0.25) is 0 Å². The lowest BCUT2D eigenvalue weighted by Crippen LogP contribution is -2.41. The zero-order chi connectivity index (χ0) is 11.0.